The van der Waals surface area contributed by atoms with E-state index in [1.807, 2.05) is 30.3 Å². The fourth-order valence-electron chi connectivity index (χ4n) is 3.03. The van der Waals surface area contributed by atoms with Crippen LogP contribution in [-0.2, 0) is 10.0 Å². The van der Waals surface area contributed by atoms with Gasteiger partial charge in [-0.05, 0) is 44.2 Å². The fourth-order valence-corrected chi connectivity index (χ4v) is 4.71. The Balaban J connectivity index is 2.44. The number of sulfonamides is 1. The second-order valence-corrected chi connectivity index (χ2v) is 9.82. The van der Waals surface area contributed by atoms with Crippen molar-refractivity contribution in [2.45, 2.75) is 44.9 Å². The lowest BCUT2D eigenvalue weighted by molar-refractivity contribution is 0.254. The van der Waals surface area contributed by atoms with Crippen molar-refractivity contribution >= 4 is 16.1 Å². The van der Waals surface area contributed by atoms with E-state index in [1.165, 1.54) is 0 Å². The molecule has 23 heavy (non-hydrogen) atoms. The number of hydrogen-bond donors (Lipinski definition) is 1. The lowest BCUT2D eigenvalue weighted by Gasteiger charge is -2.31. The van der Waals surface area contributed by atoms with Crippen LogP contribution in [0, 0.1) is 5.92 Å². The fraction of sp³-hybridized carbons (Fsp3) is 0.556. The second-order valence-electron chi connectivity index (χ2n) is 7.17. The van der Waals surface area contributed by atoms with Crippen LogP contribution >= 0.6 is 0 Å². The Morgan fingerprint density at radius 2 is 1.87 bits per heavy atom. The van der Waals surface area contributed by atoms with Gasteiger partial charge in [0.05, 0.1) is 4.75 Å². The summed E-state index contributed by atoms with van der Waals surface area (Å²) in [5.41, 5.74) is 2.14. The van der Waals surface area contributed by atoms with Crippen LogP contribution in [0.4, 0.5) is 0 Å². The molecule has 1 saturated heterocycles. The van der Waals surface area contributed by atoms with Gasteiger partial charge < -0.3 is 5.11 Å². The Kier molecular flexibility index (Phi) is 5.33. The summed E-state index contributed by atoms with van der Waals surface area (Å²) < 4.78 is 26.5. The summed E-state index contributed by atoms with van der Waals surface area (Å²) in [5, 5.41) is 9.43. The first kappa shape index (κ1) is 18.2. The van der Waals surface area contributed by atoms with Gasteiger partial charge in [0.2, 0.25) is 10.0 Å². The Labute approximate surface area is 139 Å². The van der Waals surface area contributed by atoms with Crippen LogP contribution in [0.1, 0.15) is 39.7 Å². The van der Waals surface area contributed by atoms with E-state index < -0.39 is 14.8 Å². The first-order valence-electron chi connectivity index (χ1n) is 8.07. The minimum Gasteiger partial charge on any atom is -0.396 e. The molecule has 0 unspecified atom stereocenters. The third-order valence-electron chi connectivity index (χ3n) is 4.37. The van der Waals surface area contributed by atoms with E-state index in [1.54, 1.807) is 25.1 Å². The van der Waals surface area contributed by atoms with E-state index in [4.69, 9.17) is 0 Å². The Hall–Kier alpha value is -1.17. The Morgan fingerprint density at radius 1 is 1.26 bits per heavy atom. The number of benzene rings is 1. The summed E-state index contributed by atoms with van der Waals surface area (Å²) in [5.74, 6) is 0.142. The van der Waals surface area contributed by atoms with E-state index in [2.05, 4.69) is 13.0 Å². The molecule has 1 fully saturated rings. The molecule has 4 nitrogen and oxygen atoms in total. The van der Waals surface area contributed by atoms with E-state index in [0.717, 1.165) is 11.1 Å². The number of nitrogens with zero attached hydrogens (tertiary/aromatic N) is 1. The number of rotatable bonds is 4. The first-order valence-corrected chi connectivity index (χ1v) is 9.51. The highest BCUT2D eigenvalue weighted by molar-refractivity contribution is 7.90. The van der Waals surface area contributed by atoms with Gasteiger partial charge in [0.25, 0.3) is 0 Å². The van der Waals surface area contributed by atoms with Crippen LogP contribution < -0.4 is 0 Å². The summed E-state index contributed by atoms with van der Waals surface area (Å²) in [4.78, 5) is 0. The van der Waals surface area contributed by atoms with Crippen LogP contribution in [-0.4, -0.2) is 41.8 Å². The molecule has 2 atom stereocenters. The molecule has 1 heterocycles. The van der Waals surface area contributed by atoms with Gasteiger partial charge in [0, 0.05) is 19.2 Å². The predicted octanol–water partition coefficient (Wildman–Crippen LogP) is 2.90. The van der Waals surface area contributed by atoms with Crippen LogP contribution in [0.2, 0.25) is 0 Å². The SMILES string of the molecule is C[C@@H]1CN(S(=O)(=O)C(C)(C)C)[C@@H](CCO)/C1=C\c1ccccc1. The van der Waals surface area contributed by atoms with Gasteiger partial charge in [-0.3, -0.25) is 0 Å². The quantitative estimate of drug-likeness (QED) is 0.919. The van der Waals surface area contributed by atoms with E-state index in [0.29, 0.717) is 13.0 Å². The summed E-state index contributed by atoms with van der Waals surface area (Å²) in [6.45, 7) is 7.67. The number of aliphatic hydroxyl groups excluding tert-OH is 1. The van der Waals surface area contributed by atoms with E-state index in [9.17, 15) is 13.5 Å². The van der Waals surface area contributed by atoms with Gasteiger partial charge in [-0.15, -0.1) is 0 Å². The molecular formula is C18H27NO3S. The topological polar surface area (TPSA) is 57.6 Å². The van der Waals surface area contributed by atoms with Crippen molar-refractivity contribution in [2.24, 2.45) is 5.92 Å². The third-order valence-corrected chi connectivity index (χ3v) is 6.94. The zero-order valence-corrected chi connectivity index (χ0v) is 15.2. The molecule has 0 amide bonds. The molecule has 1 aliphatic rings. The second kappa shape index (κ2) is 6.75. The highest BCUT2D eigenvalue weighted by atomic mass is 32.2. The van der Waals surface area contributed by atoms with Gasteiger partial charge >= 0.3 is 0 Å². The molecule has 2 rings (SSSR count). The monoisotopic (exact) mass is 337 g/mol. The van der Waals surface area contributed by atoms with Crippen LogP contribution in [0.3, 0.4) is 0 Å². The normalized spacial score (nSPS) is 25.2. The van der Waals surface area contributed by atoms with Crippen molar-refractivity contribution in [1.29, 1.82) is 0 Å². The van der Waals surface area contributed by atoms with Crippen molar-refractivity contribution in [1.82, 2.24) is 4.31 Å². The van der Waals surface area contributed by atoms with Gasteiger partial charge in [-0.2, -0.15) is 4.31 Å². The lowest BCUT2D eigenvalue weighted by Crippen LogP contribution is -2.46. The van der Waals surface area contributed by atoms with Crippen molar-refractivity contribution in [3.63, 3.8) is 0 Å². The molecular weight excluding hydrogens is 310 g/mol. The minimum atomic E-state index is -3.42. The summed E-state index contributed by atoms with van der Waals surface area (Å²) in [6.07, 6.45) is 2.50. The van der Waals surface area contributed by atoms with Crippen molar-refractivity contribution < 1.29 is 13.5 Å². The maximum Gasteiger partial charge on any atom is 0.219 e. The highest BCUT2D eigenvalue weighted by Crippen LogP contribution is 2.37. The van der Waals surface area contributed by atoms with Crippen LogP contribution in [0.25, 0.3) is 6.08 Å². The zero-order chi connectivity index (χ0) is 17.3. The Morgan fingerprint density at radius 3 is 2.39 bits per heavy atom. The first-order chi connectivity index (χ1) is 10.7. The van der Waals surface area contributed by atoms with Gasteiger partial charge in [0.15, 0.2) is 0 Å². The molecule has 0 bridgehead atoms. The van der Waals surface area contributed by atoms with Gasteiger partial charge in [-0.25, -0.2) is 8.42 Å². The number of hydrogen-bond acceptors (Lipinski definition) is 3. The zero-order valence-electron chi connectivity index (χ0n) is 14.4. The maximum atomic E-state index is 12.9. The molecule has 1 aromatic carbocycles. The smallest absolute Gasteiger partial charge is 0.219 e. The molecule has 1 N–H and O–H groups in total. The van der Waals surface area contributed by atoms with E-state index >= 15 is 0 Å². The van der Waals surface area contributed by atoms with Crippen molar-refractivity contribution in [3.05, 3.63) is 41.5 Å². The highest BCUT2D eigenvalue weighted by Gasteiger charge is 2.45. The summed E-state index contributed by atoms with van der Waals surface area (Å²) in [6, 6.07) is 9.65. The average molecular weight is 337 g/mol. The lowest BCUT2D eigenvalue weighted by atomic mass is 9.95. The van der Waals surface area contributed by atoms with Gasteiger partial charge in [-0.1, -0.05) is 43.3 Å². The standard InChI is InChI=1S/C18H27NO3S/c1-14-13-19(23(21,22)18(2,3)4)17(10-11-20)16(14)12-15-8-6-5-7-9-15/h5-9,12,14,17,20H,10-11,13H2,1-4H3/b16-12-/t14-,17+/m1/s1. The molecule has 1 aliphatic heterocycles. The maximum absolute atomic E-state index is 12.9. The molecule has 0 aromatic heterocycles. The molecule has 0 saturated carbocycles. The van der Waals surface area contributed by atoms with Gasteiger partial charge in [0.1, 0.15) is 0 Å². The number of aliphatic hydroxyl groups is 1. The largest absolute Gasteiger partial charge is 0.396 e. The molecule has 0 aliphatic carbocycles. The molecule has 5 heteroatoms. The molecule has 0 spiro atoms. The van der Waals surface area contributed by atoms with Crippen molar-refractivity contribution in [3.8, 4) is 0 Å². The van der Waals surface area contributed by atoms with Crippen molar-refractivity contribution in [2.75, 3.05) is 13.2 Å². The molecule has 0 radical (unpaired) electrons. The van der Waals surface area contributed by atoms with E-state index in [-0.39, 0.29) is 18.6 Å². The molecule has 1 aromatic rings. The van der Waals surface area contributed by atoms with Crippen LogP contribution in [0.5, 0.6) is 0 Å². The predicted molar refractivity (Wildman–Crippen MR) is 94.5 cm³/mol. The third kappa shape index (κ3) is 3.67. The minimum absolute atomic E-state index is 0.0281. The summed E-state index contributed by atoms with van der Waals surface area (Å²) >= 11 is 0. The Bertz CT molecular complexity index is 659. The summed E-state index contributed by atoms with van der Waals surface area (Å²) in [7, 11) is -3.42. The van der Waals surface area contributed by atoms with Crippen LogP contribution in [0.15, 0.2) is 35.9 Å². The molecule has 128 valence electrons. The average Bonchev–Trinajstić information content (AvgIpc) is 2.77.